The number of thiophene rings is 1. The molecule has 1 aromatic carbocycles. The van der Waals surface area contributed by atoms with Gasteiger partial charge in [-0.05, 0) is 73.7 Å². The Morgan fingerprint density at radius 1 is 1.26 bits per heavy atom. The first-order valence-corrected chi connectivity index (χ1v) is 13.5. The Hall–Kier alpha value is -2.93. The van der Waals surface area contributed by atoms with E-state index >= 15 is 0 Å². The summed E-state index contributed by atoms with van der Waals surface area (Å²) in [7, 11) is -3.73. The summed E-state index contributed by atoms with van der Waals surface area (Å²) in [6.45, 7) is 4.14. The topological polar surface area (TPSA) is 76.4 Å². The van der Waals surface area contributed by atoms with Crippen LogP contribution in [0.5, 0.6) is 0 Å². The summed E-state index contributed by atoms with van der Waals surface area (Å²) in [6, 6.07) is 11.8. The van der Waals surface area contributed by atoms with E-state index in [-0.39, 0.29) is 28.4 Å². The minimum atomic E-state index is -3.73. The Balaban J connectivity index is 1.44. The number of rotatable bonds is 6. The molecule has 0 radical (unpaired) electrons. The van der Waals surface area contributed by atoms with Crippen LogP contribution in [0.3, 0.4) is 0 Å². The standard InChI is InChI=1S/C25H25FN4O2S2/c1-16-3-10-24(33-16)34(31,32)29(12-11-27)15-19-5-4-18-13-23-22(17(2)25(18)19)14-28-30(23)21-8-6-20(26)7-9-21/h3,6-10,13-14,17,19,28H,4-5,12,15H2,1-2H3/t17-,19+/m0/s1. The van der Waals surface area contributed by atoms with Crippen LogP contribution in [0.1, 0.15) is 24.6 Å². The molecule has 1 N–H and O–H groups in total. The van der Waals surface area contributed by atoms with Crippen LogP contribution in [0, 0.1) is 35.9 Å². The van der Waals surface area contributed by atoms with Gasteiger partial charge in [0.15, 0.2) is 0 Å². The average molecular weight is 497 g/mol. The number of allylic oxidation sites excluding steroid dienone is 3. The minimum Gasteiger partial charge on any atom is -0.301 e. The first-order valence-electron chi connectivity index (χ1n) is 11.2. The third kappa shape index (κ3) is 3.86. The molecule has 2 heterocycles. The predicted molar refractivity (Wildman–Crippen MR) is 131 cm³/mol. The Labute approximate surface area is 203 Å². The lowest BCUT2D eigenvalue weighted by Crippen LogP contribution is -2.36. The van der Waals surface area contributed by atoms with Crippen LogP contribution >= 0.6 is 11.3 Å². The highest BCUT2D eigenvalue weighted by Gasteiger charge is 2.40. The summed E-state index contributed by atoms with van der Waals surface area (Å²) in [6.07, 6.45) is 5.83. The number of benzene rings is 1. The molecule has 1 aliphatic heterocycles. The molecule has 0 spiro atoms. The maximum absolute atomic E-state index is 13.4. The number of anilines is 1. The third-order valence-corrected chi connectivity index (χ3v) is 10.0. The Kier molecular flexibility index (Phi) is 5.84. The molecule has 34 heavy (non-hydrogen) atoms. The summed E-state index contributed by atoms with van der Waals surface area (Å²) in [5.74, 6) is -0.121. The van der Waals surface area contributed by atoms with E-state index in [9.17, 15) is 18.1 Å². The molecule has 6 nitrogen and oxygen atoms in total. The SMILES string of the molecule is Cc1ccc(S(=O)(=O)N(CC#N)C[C@H]2CCC3=C2[C@@H](C)C2=CNN(c4ccc(F)cc4)C2=C3)s1. The number of nitriles is 1. The molecule has 0 amide bonds. The van der Waals surface area contributed by atoms with Gasteiger partial charge in [-0.15, -0.1) is 11.3 Å². The summed E-state index contributed by atoms with van der Waals surface area (Å²) in [4.78, 5) is 0.922. The van der Waals surface area contributed by atoms with Crippen LogP contribution < -0.4 is 10.4 Å². The van der Waals surface area contributed by atoms with Crippen molar-refractivity contribution in [1.29, 1.82) is 5.26 Å². The number of hydrazine groups is 1. The highest BCUT2D eigenvalue weighted by Crippen LogP contribution is 2.48. The van der Waals surface area contributed by atoms with Crippen LogP contribution in [0.2, 0.25) is 0 Å². The summed E-state index contributed by atoms with van der Waals surface area (Å²) < 4.78 is 41.6. The number of aryl methyl sites for hydroxylation is 1. The maximum atomic E-state index is 13.4. The van der Waals surface area contributed by atoms with Crippen LogP contribution in [0.4, 0.5) is 10.1 Å². The molecule has 2 aromatic rings. The van der Waals surface area contributed by atoms with Crippen molar-refractivity contribution in [2.24, 2.45) is 11.8 Å². The van der Waals surface area contributed by atoms with Gasteiger partial charge >= 0.3 is 0 Å². The van der Waals surface area contributed by atoms with Crippen molar-refractivity contribution in [3.8, 4) is 6.07 Å². The van der Waals surface area contributed by atoms with Crippen molar-refractivity contribution < 1.29 is 12.8 Å². The molecular weight excluding hydrogens is 471 g/mol. The lowest BCUT2D eigenvalue weighted by molar-refractivity contribution is 0.381. The first-order chi connectivity index (χ1) is 16.3. The number of hydrogen-bond acceptors (Lipinski definition) is 6. The molecule has 9 heteroatoms. The van der Waals surface area contributed by atoms with E-state index in [1.165, 1.54) is 38.9 Å². The zero-order chi connectivity index (χ0) is 24.0. The molecule has 0 saturated carbocycles. The van der Waals surface area contributed by atoms with E-state index < -0.39 is 10.0 Å². The molecule has 176 valence electrons. The molecule has 2 atom stereocenters. The minimum absolute atomic E-state index is 0.0488. The smallest absolute Gasteiger partial charge is 0.253 e. The number of nitrogens with zero attached hydrogens (tertiary/aromatic N) is 3. The predicted octanol–water partition coefficient (Wildman–Crippen LogP) is 4.86. The van der Waals surface area contributed by atoms with E-state index in [4.69, 9.17) is 0 Å². The highest BCUT2D eigenvalue weighted by molar-refractivity contribution is 7.91. The molecule has 2 aliphatic carbocycles. The second kappa shape index (κ2) is 8.69. The van der Waals surface area contributed by atoms with Gasteiger partial charge in [-0.1, -0.05) is 12.5 Å². The van der Waals surface area contributed by atoms with Crippen LogP contribution in [0.15, 0.2) is 75.3 Å². The van der Waals surface area contributed by atoms with Crippen molar-refractivity contribution in [3.05, 3.63) is 81.8 Å². The third-order valence-electron chi connectivity index (χ3n) is 6.77. The molecule has 0 bridgehead atoms. The van der Waals surface area contributed by atoms with Gasteiger partial charge in [0.2, 0.25) is 0 Å². The Bertz CT molecular complexity index is 1370. The fourth-order valence-electron chi connectivity index (χ4n) is 5.16. The van der Waals surface area contributed by atoms with Gasteiger partial charge in [-0.3, -0.25) is 5.01 Å². The number of halogens is 1. The molecule has 5 rings (SSSR count). The van der Waals surface area contributed by atoms with Gasteiger partial charge in [-0.25, -0.2) is 12.8 Å². The summed E-state index contributed by atoms with van der Waals surface area (Å²) >= 11 is 1.23. The lowest BCUT2D eigenvalue weighted by Gasteiger charge is -2.31. The number of sulfonamides is 1. The van der Waals surface area contributed by atoms with Crippen molar-refractivity contribution in [1.82, 2.24) is 9.73 Å². The fraction of sp³-hybridized carbons (Fsp3) is 0.320. The molecule has 0 saturated heterocycles. The lowest BCUT2D eigenvalue weighted by atomic mass is 9.80. The van der Waals surface area contributed by atoms with Crippen LogP contribution in [0.25, 0.3) is 0 Å². The van der Waals surface area contributed by atoms with Crippen LogP contribution in [-0.4, -0.2) is 25.8 Å². The first kappa shape index (κ1) is 22.8. The quantitative estimate of drug-likeness (QED) is 0.578. The number of hydrogen-bond donors (Lipinski definition) is 1. The summed E-state index contributed by atoms with van der Waals surface area (Å²) in [5.41, 5.74) is 8.77. The largest absolute Gasteiger partial charge is 0.301 e. The fourth-order valence-corrected chi connectivity index (χ4v) is 7.98. The van der Waals surface area contributed by atoms with Crippen molar-refractivity contribution >= 4 is 27.0 Å². The van der Waals surface area contributed by atoms with E-state index in [2.05, 4.69) is 18.4 Å². The zero-order valence-electron chi connectivity index (χ0n) is 19.0. The maximum Gasteiger partial charge on any atom is 0.253 e. The molecule has 1 aromatic heterocycles. The number of fused-ring (bicyclic) bond motifs is 1. The van der Waals surface area contributed by atoms with Gasteiger partial charge in [-0.2, -0.15) is 9.57 Å². The molecular formula is C25H25FN4O2S2. The van der Waals surface area contributed by atoms with Gasteiger partial charge in [0.05, 0.1) is 17.5 Å². The normalized spacial score (nSPS) is 21.7. The zero-order valence-corrected chi connectivity index (χ0v) is 20.6. The van der Waals surface area contributed by atoms with E-state index in [1.807, 2.05) is 24.2 Å². The average Bonchev–Trinajstić information content (AvgIpc) is 3.53. The monoisotopic (exact) mass is 496 g/mol. The Morgan fingerprint density at radius 3 is 2.71 bits per heavy atom. The molecule has 3 aliphatic rings. The van der Waals surface area contributed by atoms with E-state index in [0.29, 0.717) is 6.54 Å². The van der Waals surface area contributed by atoms with Crippen molar-refractivity contribution in [2.45, 2.75) is 30.9 Å². The summed E-state index contributed by atoms with van der Waals surface area (Å²) in [5, 5.41) is 11.3. The van der Waals surface area contributed by atoms with E-state index in [1.54, 1.807) is 24.3 Å². The van der Waals surface area contributed by atoms with Gasteiger partial charge in [0, 0.05) is 29.1 Å². The van der Waals surface area contributed by atoms with Gasteiger partial charge in [0.1, 0.15) is 16.6 Å². The second-order valence-electron chi connectivity index (χ2n) is 8.83. The van der Waals surface area contributed by atoms with Crippen molar-refractivity contribution in [2.75, 3.05) is 18.1 Å². The van der Waals surface area contributed by atoms with Crippen LogP contribution in [-0.2, 0) is 10.0 Å². The molecule has 0 fully saturated rings. The highest BCUT2D eigenvalue weighted by atomic mass is 32.2. The van der Waals surface area contributed by atoms with Crippen molar-refractivity contribution in [3.63, 3.8) is 0 Å². The number of nitrogens with one attached hydrogen (secondary N) is 1. The Morgan fingerprint density at radius 2 is 2.03 bits per heavy atom. The van der Waals surface area contributed by atoms with Gasteiger partial charge < -0.3 is 5.43 Å². The molecule has 0 unspecified atom stereocenters. The van der Waals surface area contributed by atoms with E-state index in [0.717, 1.165) is 34.7 Å². The van der Waals surface area contributed by atoms with Gasteiger partial charge in [0.25, 0.3) is 10.0 Å². The second-order valence-corrected chi connectivity index (χ2v) is 12.3.